The van der Waals surface area contributed by atoms with Gasteiger partial charge in [0.2, 0.25) is 0 Å². The molecule has 1 fully saturated rings. The third kappa shape index (κ3) is 4.33. The number of hydrogen-bond donors (Lipinski definition) is 1. The first-order valence-corrected chi connectivity index (χ1v) is 8.19. The summed E-state index contributed by atoms with van der Waals surface area (Å²) >= 11 is 0. The number of aliphatic hydroxyl groups excluding tert-OH is 1. The van der Waals surface area contributed by atoms with Gasteiger partial charge in [-0.15, -0.1) is 0 Å². The van der Waals surface area contributed by atoms with Crippen LogP contribution in [0.4, 0.5) is 0 Å². The normalized spacial score (nSPS) is 18.0. The monoisotopic (exact) mass is 316 g/mol. The van der Waals surface area contributed by atoms with Gasteiger partial charge in [-0.25, -0.2) is 0 Å². The highest BCUT2D eigenvalue weighted by atomic mass is 16.5. The van der Waals surface area contributed by atoms with E-state index in [9.17, 15) is 5.11 Å². The summed E-state index contributed by atoms with van der Waals surface area (Å²) in [4.78, 5) is 2.29. The summed E-state index contributed by atoms with van der Waals surface area (Å²) in [7, 11) is 1.53. The molecule has 1 aromatic heterocycles. The van der Waals surface area contributed by atoms with Crippen molar-refractivity contribution in [2.75, 3.05) is 26.7 Å². The Morgan fingerprint density at radius 1 is 1.30 bits per heavy atom. The second-order valence-electron chi connectivity index (χ2n) is 6.22. The maximum absolute atomic E-state index is 10.3. The molecule has 1 atom stereocenters. The van der Waals surface area contributed by atoms with Gasteiger partial charge in [0.05, 0.1) is 7.11 Å². The van der Waals surface area contributed by atoms with Gasteiger partial charge in [0.15, 0.2) is 5.76 Å². The van der Waals surface area contributed by atoms with Gasteiger partial charge in [0.1, 0.15) is 6.10 Å². The van der Waals surface area contributed by atoms with Crippen LogP contribution in [0, 0.1) is 5.92 Å². The molecule has 0 saturated carbocycles. The van der Waals surface area contributed by atoms with Crippen molar-refractivity contribution < 1.29 is 14.4 Å². The number of piperidine rings is 1. The fourth-order valence-corrected chi connectivity index (χ4v) is 3.18. The summed E-state index contributed by atoms with van der Waals surface area (Å²) in [5.74, 6) is 1.60. The lowest BCUT2D eigenvalue weighted by atomic mass is 9.90. The fourth-order valence-electron chi connectivity index (χ4n) is 3.18. The van der Waals surface area contributed by atoms with E-state index in [0.29, 0.717) is 18.2 Å². The van der Waals surface area contributed by atoms with Crippen LogP contribution in [0.5, 0.6) is 5.88 Å². The molecular weight excluding hydrogens is 292 g/mol. The lowest BCUT2D eigenvalue weighted by molar-refractivity contribution is 0.0706. The van der Waals surface area contributed by atoms with Crippen molar-refractivity contribution in [2.45, 2.75) is 25.4 Å². The SMILES string of the molecule is COc1cc(C(O)CN2CCC(Cc3ccccc3)CC2)on1. The molecule has 1 aromatic carbocycles. The topological polar surface area (TPSA) is 58.7 Å². The van der Waals surface area contributed by atoms with Crippen LogP contribution >= 0.6 is 0 Å². The summed E-state index contributed by atoms with van der Waals surface area (Å²) < 4.78 is 10.1. The minimum Gasteiger partial charge on any atom is -0.479 e. The molecule has 2 heterocycles. The zero-order chi connectivity index (χ0) is 16.1. The van der Waals surface area contributed by atoms with E-state index in [4.69, 9.17) is 9.26 Å². The van der Waals surface area contributed by atoms with Crippen molar-refractivity contribution in [1.29, 1.82) is 0 Å². The van der Waals surface area contributed by atoms with Crippen molar-refractivity contribution in [2.24, 2.45) is 5.92 Å². The summed E-state index contributed by atoms with van der Waals surface area (Å²) in [5, 5.41) is 14.0. The van der Waals surface area contributed by atoms with Gasteiger partial charge >= 0.3 is 0 Å². The van der Waals surface area contributed by atoms with Gasteiger partial charge < -0.3 is 19.3 Å². The second kappa shape index (κ2) is 7.62. The Hall–Kier alpha value is -1.85. The molecule has 23 heavy (non-hydrogen) atoms. The minimum absolute atomic E-state index is 0.403. The lowest BCUT2D eigenvalue weighted by Crippen LogP contribution is -2.37. The molecule has 124 valence electrons. The Morgan fingerprint density at radius 2 is 2.04 bits per heavy atom. The Morgan fingerprint density at radius 3 is 2.70 bits per heavy atom. The predicted octanol–water partition coefficient (Wildman–Crippen LogP) is 2.67. The van der Waals surface area contributed by atoms with Gasteiger partial charge in [-0.2, -0.15) is 0 Å². The first kappa shape index (κ1) is 16.0. The highest BCUT2D eigenvalue weighted by molar-refractivity contribution is 5.15. The largest absolute Gasteiger partial charge is 0.479 e. The third-order valence-electron chi connectivity index (χ3n) is 4.55. The van der Waals surface area contributed by atoms with Crippen molar-refractivity contribution in [3.05, 3.63) is 47.7 Å². The highest BCUT2D eigenvalue weighted by Crippen LogP contribution is 2.24. The van der Waals surface area contributed by atoms with E-state index in [2.05, 4.69) is 40.4 Å². The molecule has 0 spiro atoms. The van der Waals surface area contributed by atoms with Crippen LogP contribution in [-0.4, -0.2) is 41.9 Å². The van der Waals surface area contributed by atoms with Gasteiger partial charge in [0.25, 0.3) is 5.88 Å². The van der Waals surface area contributed by atoms with E-state index in [1.54, 1.807) is 6.07 Å². The van der Waals surface area contributed by atoms with Crippen LogP contribution in [-0.2, 0) is 6.42 Å². The third-order valence-corrected chi connectivity index (χ3v) is 4.55. The van der Waals surface area contributed by atoms with Crippen molar-refractivity contribution >= 4 is 0 Å². The molecule has 3 rings (SSSR count). The van der Waals surface area contributed by atoms with Crippen LogP contribution < -0.4 is 4.74 Å². The van der Waals surface area contributed by atoms with Crippen molar-refractivity contribution in [3.63, 3.8) is 0 Å². The number of β-amino-alcohol motifs (C(OH)–C–C–N with tert-alkyl or cyclic N) is 1. The number of nitrogens with zero attached hydrogens (tertiary/aromatic N) is 2. The first-order chi connectivity index (χ1) is 11.2. The minimum atomic E-state index is -0.655. The molecule has 1 N–H and O–H groups in total. The average molecular weight is 316 g/mol. The van der Waals surface area contributed by atoms with Crippen LogP contribution in [0.2, 0.25) is 0 Å². The Labute approximate surface area is 136 Å². The van der Waals surface area contributed by atoms with E-state index in [1.165, 1.54) is 25.5 Å². The highest BCUT2D eigenvalue weighted by Gasteiger charge is 2.23. The summed E-state index contributed by atoms with van der Waals surface area (Å²) in [5.41, 5.74) is 1.42. The summed E-state index contributed by atoms with van der Waals surface area (Å²) in [6.45, 7) is 2.61. The van der Waals surface area contributed by atoms with E-state index in [-0.39, 0.29) is 0 Å². The molecule has 1 aliphatic heterocycles. The molecule has 5 heteroatoms. The van der Waals surface area contributed by atoms with Crippen LogP contribution in [0.1, 0.15) is 30.3 Å². The Bertz CT molecular complexity index is 591. The number of aromatic nitrogens is 1. The molecule has 0 bridgehead atoms. The van der Waals surface area contributed by atoms with E-state index in [1.807, 2.05) is 0 Å². The number of hydrogen-bond acceptors (Lipinski definition) is 5. The Kier molecular flexibility index (Phi) is 5.31. The number of rotatable bonds is 6. The summed E-state index contributed by atoms with van der Waals surface area (Å²) in [6.07, 6.45) is 2.83. The Balaban J connectivity index is 1.45. The van der Waals surface area contributed by atoms with Crippen molar-refractivity contribution in [1.82, 2.24) is 10.1 Å². The number of methoxy groups -OCH3 is 1. The summed E-state index contributed by atoms with van der Waals surface area (Å²) in [6, 6.07) is 12.3. The van der Waals surface area contributed by atoms with E-state index >= 15 is 0 Å². The number of likely N-dealkylation sites (tertiary alicyclic amines) is 1. The standard InChI is InChI=1S/C18H24N2O3/c1-22-18-12-17(23-19-18)16(21)13-20-9-7-15(8-10-20)11-14-5-3-2-4-6-14/h2-6,12,15-16,21H,7-11,13H2,1H3. The number of aliphatic hydroxyl groups is 1. The molecule has 1 unspecified atom stereocenters. The van der Waals surface area contributed by atoms with Crippen LogP contribution in [0.15, 0.2) is 40.9 Å². The van der Waals surface area contributed by atoms with Gasteiger partial charge in [-0.05, 0) is 49.0 Å². The first-order valence-electron chi connectivity index (χ1n) is 8.19. The number of ether oxygens (including phenoxy) is 1. The maximum Gasteiger partial charge on any atom is 0.254 e. The number of benzene rings is 1. The quantitative estimate of drug-likeness (QED) is 0.888. The van der Waals surface area contributed by atoms with Gasteiger partial charge in [0, 0.05) is 12.6 Å². The predicted molar refractivity (Wildman–Crippen MR) is 87.3 cm³/mol. The maximum atomic E-state index is 10.3. The zero-order valence-electron chi connectivity index (χ0n) is 13.5. The van der Waals surface area contributed by atoms with Gasteiger partial charge in [-0.1, -0.05) is 30.3 Å². The second-order valence-corrected chi connectivity index (χ2v) is 6.22. The molecule has 1 saturated heterocycles. The molecule has 2 aromatic rings. The van der Waals surface area contributed by atoms with Crippen LogP contribution in [0.25, 0.3) is 0 Å². The lowest BCUT2D eigenvalue weighted by Gasteiger charge is -2.32. The molecule has 1 aliphatic rings. The van der Waals surface area contributed by atoms with Crippen LogP contribution in [0.3, 0.4) is 0 Å². The molecule has 0 radical (unpaired) electrons. The smallest absolute Gasteiger partial charge is 0.254 e. The zero-order valence-corrected chi connectivity index (χ0v) is 13.5. The molecule has 0 amide bonds. The van der Waals surface area contributed by atoms with Gasteiger partial charge in [-0.3, -0.25) is 0 Å². The fraction of sp³-hybridized carbons (Fsp3) is 0.500. The average Bonchev–Trinajstić information content (AvgIpc) is 3.07. The molecular formula is C18H24N2O3. The van der Waals surface area contributed by atoms with E-state index in [0.717, 1.165) is 25.4 Å². The van der Waals surface area contributed by atoms with E-state index < -0.39 is 6.10 Å². The van der Waals surface area contributed by atoms with Crippen molar-refractivity contribution in [3.8, 4) is 5.88 Å². The molecule has 0 aliphatic carbocycles. The molecule has 5 nitrogen and oxygen atoms in total.